The fourth-order valence-corrected chi connectivity index (χ4v) is 6.62. The van der Waals surface area contributed by atoms with Crippen molar-refractivity contribution in [1.29, 1.82) is 0 Å². The Bertz CT molecular complexity index is 610. The van der Waals surface area contributed by atoms with Gasteiger partial charge < -0.3 is 0 Å². The van der Waals surface area contributed by atoms with Gasteiger partial charge >= 0.3 is 0 Å². The molecule has 0 saturated carbocycles. The molecule has 0 fully saturated rings. The Morgan fingerprint density at radius 1 is 0.950 bits per heavy atom. The van der Waals surface area contributed by atoms with Crippen LogP contribution in [0.25, 0.3) is 0 Å². The van der Waals surface area contributed by atoms with E-state index in [1.165, 1.54) is 19.6 Å². The van der Waals surface area contributed by atoms with Gasteiger partial charge in [0.2, 0.25) is 0 Å². The van der Waals surface area contributed by atoms with E-state index in [1.54, 1.807) is 4.91 Å². The van der Waals surface area contributed by atoms with Gasteiger partial charge in [-0.15, -0.1) is 0 Å². The Labute approximate surface area is 128 Å². The van der Waals surface area contributed by atoms with Crippen LogP contribution in [0.1, 0.15) is 20.8 Å². The highest BCUT2D eigenvalue weighted by atomic mass is 32.2. The summed E-state index contributed by atoms with van der Waals surface area (Å²) in [5.74, 6) is 0.576. The summed E-state index contributed by atoms with van der Waals surface area (Å²) in [7, 11) is 0.0778. The summed E-state index contributed by atoms with van der Waals surface area (Å²) in [5.41, 5.74) is 0. The van der Waals surface area contributed by atoms with Crippen molar-refractivity contribution in [2.45, 2.75) is 40.4 Å². The summed E-state index contributed by atoms with van der Waals surface area (Å²) in [4.78, 5) is 7.34. The summed E-state index contributed by atoms with van der Waals surface area (Å²) in [6.07, 6.45) is 2.32. The molecule has 0 amide bonds. The Morgan fingerprint density at radius 2 is 1.45 bits per heavy atom. The molecule has 0 unspecified atom stereocenters. The lowest BCUT2D eigenvalue weighted by atomic mass is 10.2. The number of allylic oxidation sites excluding steroid dienone is 2. The average molecular weight is 299 g/mol. The predicted molar refractivity (Wildman–Crippen MR) is 89.5 cm³/mol. The summed E-state index contributed by atoms with van der Waals surface area (Å²) in [6.45, 7) is 6.78. The second kappa shape index (κ2) is 5.71. The second-order valence-electron chi connectivity index (χ2n) is 5.15. The average Bonchev–Trinajstić information content (AvgIpc) is 2.47. The van der Waals surface area contributed by atoms with Gasteiger partial charge in [-0.3, -0.25) is 0 Å². The Hall–Kier alpha value is -1.12. The van der Waals surface area contributed by atoms with Crippen molar-refractivity contribution in [3.05, 3.63) is 59.5 Å². The maximum atomic E-state index is 2.32. The molecule has 0 nitrogen and oxygen atoms in total. The van der Waals surface area contributed by atoms with Crippen LogP contribution in [0.2, 0.25) is 0 Å². The molecule has 1 heterocycles. The number of hydrogen-bond donors (Lipinski definition) is 0. The maximum Gasteiger partial charge on any atom is 0.180 e. The van der Waals surface area contributed by atoms with E-state index in [4.69, 9.17) is 0 Å². The van der Waals surface area contributed by atoms with Crippen molar-refractivity contribution >= 4 is 22.7 Å². The van der Waals surface area contributed by atoms with E-state index < -0.39 is 0 Å². The minimum absolute atomic E-state index is 0.0778. The van der Waals surface area contributed by atoms with Crippen LogP contribution >= 0.6 is 11.8 Å². The van der Waals surface area contributed by atoms with Gasteiger partial charge in [-0.1, -0.05) is 49.9 Å². The van der Waals surface area contributed by atoms with E-state index in [2.05, 4.69) is 75.4 Å². The van der Waals surface area contributed by atoms with Crippen molar-refractivity contribution < 1.29 is 0 Å². The molecule has 0 spiro atoms. The van der Waals surface area contributed by atoms with Crippen molar-refractivity contribution in [3.8, 4) is 0 Å². The third-order valence-electron chi connectivity index (χ3n) is 3.45. The van der Waals surface area contributed by atoms with Crippen molar-refractivity contribution in [2.75, 3.05) is 0 Å². The Balaban J connectivity index is 2.22. The molecule has 3 rings (SSSR count). The smallest absolute Gasteiger partial charge is 0.0795 e. The number of benzene rings is 2. The minimum atomic E-state index is 0.0778. The first kappa shape index (κ1) is 13.8. The van der Waals surface area contributed by atoms with Crippen LogP contribution in [-0.4, -0.2) is 0 Å². The summed E-state index contributed by atoms with van der Waals surface area (Å²) < 4.78 is 0. The van der Waals surface area contributed by atoms with Gasteiger partial charge in [0.25, 0.3) is 0 Å². The molecule has 0 aliphatic carbocycles. The van der Waals surface area contributed by atoms with E-state index in [-0.39, 0.29) is 10.9 Å². The highest BCUT2D eigenvalue weighted by Crippen LogP contribution is 2.48. The van der Waals surface area contributed by atoms with Crippen molar-refractivity contribution in [3.63, 3.8) is 0 Å². The van der Waals surface area contributed by atoms with Crippen LogP contribution in [0.3, 0.4) is 0 Å². The minimum Gasteiger partial charge on any atom is -0.0795 e. The molecule has 102 valence electrons. The summed E-state index contributed by atoms with van der Waals surface area (Å²) in [6, 6.07) is 17.7. The van der Waals surface area contributed by atoms with Gasteiger partial charge in [-0.2, -0.15) is 0 Å². The molecule has 1 aliphatic heterocycles. The van der Waals surface area contributed by atoms with E-state index in [0.717, 1.165) is 0 Å². The Morgan fingerprint density at radius 3 is 1.90 bits per heavy atom. The van der Waals surface area contributed by atoms with E-state index in [1.807, 2.05) is 11.8 Å². The molecule has 0 atom stereocenters. The maximum absolute atomic E-state index is 2.32. The normalized spacial score (nSPS) is 15.1. The van der Waals surface area contributed by atoms with Gasteiger partial charge in [0, 0.05) is 5.92 Å². The predicted octanol–water partition coefficient (Wildman–Crippen LogP) is 5.75. The molecule has 2 aromatic rings. The third kappa shape index (κ3) is 2.32. The second-order valence-corrected chi connectivity index (χ2v) is 8.19. The van der Waals surface area contributed by atoms with E-state index in [0.29, 0.717) is 5.92 Å². The molecule has 1 aliphatic rings. The van der Waals surface area contributed by atoms with Crippen LogP contribution in [0, 0.1) is 5.92 Å². The summed E-state index contributed by atoms with van der Waals surface area (Å²) in [5, 5.41) is 0. The van der Waals surface area contributed by atoms with Crippen LogP contribution in [0.4, 0.5) is 0 Å². The van der Waals surface area contributed by atoms with Gasteiger partial charge in [0.05, 0.1) is 20.7 Å². The van der Waals surface area contributed by atoms with Gasteiger partial charge in [-0.25, -0.2) is 0 Å². The molecule has 0 bridgehead atoms. The van der Waals surface area contributed by atoms with Crippen LogP contribution in [-0.2, 0) is 10.9 Å². The highest BCUT2D eigenvalue weighted by Gasteiger charge is 2.39. The molecular weight excluding hydrogens is 280 g/mol. The standard InChI is InChI=1S/C18H19S2/c1-4-16(13(2)3)20-17-11-7-5-9-14(17)19-15-10-6-8-12-18(15)20/h4-13H,1-3H3/q+1/b16-4-. The molecule has 20 heavy (non-hydrogen) atoms. The lowest BCUT2D eigenvalue weighted by Gasteiger charge is -2.21. The zero-order valence-electron chi connectivity index (χ0n) is 12.1. The quantitative estimate of drug-likeness (QED) is 0.636. The molecule has 0 radical (unpaired) electrons. The van der Waals surface area contributed by atoms with Gasteiger partial charge in [0.1, 0.15) is 4.91 Å². The zero-order valence-corrected chi connectivity index (χ0v) is 13.7. The van der Waals surface area contributed by atoms with Gasteiger partial charge in [-0.05, 0) is 37.3 Å². The topological polar surface area (TPSA) is 0 Å². The van der Waals surface area contributed by atoms with E-state index in [9.17, 15) is 0 Å². The fourth-order valence-electron chi connectivity index (χ4n) is 2.58. The first-order valence-corrected chi connectivity index (χ1v) is 9.03. The Kier molecular flexibility index (Phi) is 3.95. The van der Waals surface area contributed by atoms with Crippen molar-refractivity contribution in [1.82, 2.24) is 0 Å². The van der Waals surface area contributed by atoms with Crippen LogP contribution in [0.5, 0.6) is 0 Å². The molecule has 2 aromatic carbocycles. The lowest BCUT2D eigenvalue weighted by molar-refractivity contribution is 0.809. The largest absolute Gasteiger partial charge is 0.180 e. The number of hydrogen-bond acceptors (Lipinski definition) is 1. The molecule has 2 heteroatoms. The van der Waals surface area contributed by atoms with Crippen molar-refractivity contribution in [2.24, 2.45) is 5.92 Å². The zero-order chi connectivity index (χ0) is 14.1. The first-order valence-electron chi connectivity index (χ1n) is 6.98. The molecule has 0 saturated heterocycles. The third-order valence-corrected chi connectivity index (χ3v) is 7.63. The molecular formula is C18H19S2+. The van der Waals surface area contributed by atoms with Gasteiger partial charge in [0.15, 0.2) is 9.79 Å². The number of rotatable bonds is 2. The van der Waals surface area contributed by atoms with E-state index >= 15 is 0 Å². The summed E-state index contributed by atoms with van der Waals surface area (Å²) >= 11 is 1.91. The monoisotopic (exact) mass is 299 g/mol. The molecule has 0 aromatic heterocycles. The number of fused-ring (bicyclic) bond motifs is 2. The van der Waals surface area contributed by atoms with Crippen LogP contribution < -0.4 is 0 Å². The first-order chi connectivity index (χ1) is 9.72. The SMILES string of the molecule is C/C=C(/C(C)C)[S+]1c2ccccc2Sc2ccccc21. The molecule has 0 N–H and O–H groups in total. The van der Waals surface area contributed by atoms with Crippen LogP contribution in [0.15, 0.2) is 79.1 Å². The fraction of sp³-hybridized carbons (Fsp3) is 0.222. The lowest BCUT2D eigenvalue weighted by Crippen LogP contribution is -2.15. The highest BCUT2D eigenvalue weighted by molar-refractivity contribution is 8.05.